The third-order valence-electron chi connectivity index (χ3n) is 6.19. The predicted octanol–water partition coefficient (Wildman–Crippen LogP) is 3.65. The lowest BCUT2D eigenvalue weighted by atomic mass is 10.1. The molecular weight excluding hydrogens is 398 g/mol. The lowest BCUT2D eigenvalue weighted by molar-refractivity contribution is 0.245. The Labute approximate surface area is 193 Å². The van der Waals surface area contributed by atoms with Crippen LogP contribution in [-0.4, -0.2) is 63.1 Å². The van der Waals surface area contributed by atoms with Gasteiger partial charge < -0.3 is 20.3 Å². The summed E-state index contributed by atoms with van der Waals surface area (Å²) in [4.78, 5) is 9.32. The topological polar surface area (TPSA) is 52.1 Å². The summed E-state index contributed by atoms with van der Waals surface area (Å²) >= 11 is 0. The zero-order chi connectivity index (χ0) is 22.8. The number of nitrogens with one attached hydrogen (secondary N) is 2. The van der Waals surface area contributed by atoms with Crippen molar-refractivity contribution in [1.82, 2.24) is 20.4 Å². The molecule has 1 atom stereocenters. The third-order valence-corrected chi connectivity index (χ3v) is 6.19. The van der Waals surface area contributed by atoms with Gasteiger partial charge in [-0.05, 0) is 68.3 Å². The van der Waals surface area contributed by atoms with Gasteiger partial charge in [-0.15, -0.1) is 0 Å². The number of guanidine groups is 1. The molecule has 6 nitrogen and oxygen atoms in total. The fraction of sp³-hybridized carbons (Fsp3) is 0.500. The van der Waals surface area contributed by atoms with Gasteiger partial charge in [-0.25, -0.2) is 0 Å². The van der Waals surface area contributed by atoms with Gasteiger partial charge >= 0.3 is 0 Å². The molecule has 0 amide bonds. The van der Waals surface area contributed by atoms with Crippen molar-refractivity contribution in [3.8, 4) is 5.75 Å². The van der Waals surface area contributed by atoms with E-state index in [4.69, 9.17) is 4.74 Å². The molecule has 0 bridgehead atoms. The number of hydrogen-bond acceptors (Lipinski definition) is 4. The van der Waals surface area contributed by atoms with Crippen molar-refractivity contribution in [2.75, 3.05) is 47.4 Å². The Morgan fingerprint density at radius 3 is 2.56 bits per heavy atom. The van der Waals surface area contributed by atoms with Crippen LogP contribution in [0, 0.1) is 0 Å². The largest absolute Gasteiger partial charge is 0.497 e. The molecule has 2 aromatic rings. The fourth-order valence-electron chi connectivity index (χ4n) is 4.22. The molecule has 1 unspecified atom stereocenters. The smallest absolute Gasteiger partial charge is 0.191 e. The summed E-state index contributed by atoms with van der Waals surface area (Å²) in [5.41, 5.74) is 3.88. The Balaban J connectivity index is 1.60. The van der Waals surface area contributed by atoms with Crippen LogP contribution < -0.4 is 15.4 Å². The van der Waals surface area contributed by atoms with Crippen LogP contribution >= 0.6 is 0 Å². The van der Waals surface area contributed by atoms with E-state index in [1.54, 1.807) is 7.11 Å². The molecule has 3 rings (SSSR count). The highest BCUT2D eigenvalue weighted by Gasteiger charge is 2.24. The fourth-order valence-corrected chi connectivity index (χ4v) is 4.22. The Bertz CT molecular complexity index is 863. The second-order valence-corrected chi connectivity index (χ2v) is 8.49. The quantitative estimate of drug-likeness (QED) is 0.439. The number of aliphatic imine (C=N–C) groups is 1. The average Bonchev–Trinajstić information content (AvgIpc) is 3.36. The van der Waals surface area contributed by atoms with E-state index in [2.05, 4.69) is 81.9 Å². The number of ether oxygens (including phenoxy) is 1. The van der Waals surface area contributed by atoms with Crippen LogP contribution in [0.25, 0.3) is 0 Å². The highest BCUT2D eigenvalue weighted by Crippen LogP contribution is 2.27. The van der Waals surface area contributed by atoms with Crippen LogP contribution in [0.1, 0.15) is 42.5 Å². The van der Waals surface area contributed by atoms with Gasteiger partial charge in [0.1, 0.15) is 5.75 Å². The Morgan fingerprint density at radius 1 is 1.09 bits per heavy atom. The maximum absolute atomic E-state index is 5.46. The minimum absolute atomic E-state index is 0.291. The highest BCUT2D eigenvalue weighted by atomic mass is 16.5. The zero-order valence-corrected chi connectivity index (χ0v) is 20.1. The Hall–Kier alpha value is -2.57. The van der Waals surface area contributed by atoms with Crippen molar-refractivity contribution in [3.63, 3.8) is 0 Å². The van der Waals surface area contributed by atoms with Crippen molar-refractivity contribution in [3.05, 3.63) is 65.2 Å². The molecule has 0 spiro atoms. The van der Waals surface area contributed by atoms with E-state index in [0.29, 0.717) is 6.04 Å². The first-order valence-electron chi connectivity index (χ1n) is 11.7. The second-order valence-electron chi connectivity index (χ2n) is 8.49. The van der Waals surface area contributed by atoms with E-state index in [1.165, 1.54) is 29.5 Å². The highest BCUT2D eigenvalue weighted by molar-refractivity contribution is 5.79. The lowest BCUT2D eigenvalue weighted by Gasteiger charge is -2.29. The van der Waals surface area contributed by atoms with Gasteiger partial charge in [0, 0.05) is 26.7 Å². The maximum atomic E-state index is 5.46. The summed E-state index contributed by atoms with van der Waals surface area (Å²) in [6.07, 6.45) is 2.52. The molecule has 1 fully saturated rings. The molecule has 1 aliphatic rings. The maximum Gasteiger partial charge on any atom is 0.191 e. The second kappa shape index (κ2) is 12.5. The van der Waals surface area contributed by atoms with Crippen molar-refractivity contribution in [2.45, 2.75) is 38.9 Å². The van der Waals surface area contributed by atoms with Crippen molar-refractivity contribution in [1.29, 1.82) is 0 Å². The van der Waals surface area contributed by atoms with E-state index < -0.39 is 0 Å². The summed E-state index contributed by atoms with van der Waals surface area (Å²) in [7, 11) is 5.71. The van der Waals surface area contributed by atoms with Gasteiger partial charge in [0.25, 0.3) is 0 Å². The van der Waals surface area contributed by atoms with Crippen molar-refractivity contribution < 1.29 is 4.74 Å². The molecule has 2 aromatic carbocycles. The molecule has 32 heavy (non-hydrogen) atoms. The third kappa shape index (κ3) is 6.97. The van der Waals surface area contributed by atoms with Gasteiger partial charge in [-0.2, -0.15) is 0 Å². The molecule has 0 aromatic heterocycles. The molecule has 2 N–H and O–H groups in total. The van der Waals surface area contributed by atoms with Gasteiger partial charge in [0.15, 0.2) is 5.96 Å². The monoisotopic (exact) mass is 437 g/mol. The van der Waals surface area contributed by atoms with Gasteiger partial charge in [0.05, 0.1) is 13.2 Å². The summed E-state index contributed by atoms with van der Waals surface area (Å²) in [6.45, 7) is 8.01. The van der Waals surface area contributed by atoms with Crippen LogP contribution in [0.3, 0.4) is 0 Å². The van der Waals surface area contributed by atoms with E-state index >= 15 is 0 Å². The molecule has 0 radical (unpaired) electrons. The molecule has 0 saturated carbocycles. The summed E-state index contributed by atoms with van der Waals surface area (Å²) < 4.78 is 5.46. The van der Waals surface area contributed by atoms with Gasteiger partial charge in [-0.3, -0.25) is 9.89 Å². The van der Waals surface area contributed by atoms with E-state index in [1.807, 2.05) is 13.1 Å². The molecule has 1 heterocycles. The first-order valence-corrected chi connectivity index (χ1v) is 11.7. The van der Waals surface area contributed by atoms with E-state index in [0.717, 1.165) is 51.0 Å². The molecule has 0 aliphatic carbocycles. The molecular formula is C26H39N5O. The Morgan fingerprint density at radius 2 is 1.84 bits per heavy atom. The first-order chi connectivity index (χ1) is 15.6. The molecule has 174 valence electrons. The summed E-state index contributed by atoms with van der Waals surface area (Å²) in [5.74, 6) is 1.73. The number of nitrogens with zero attached hydrogens (tertiary/aromatic N) is 3. The lowest BCUT2D eigenvalue weighted by Crippen LogP contribution is -2.42. The van der Waals surface area contributed by atoms with Gasteiger partial charge in [-0.1, -0.05) is 43.3 Å². The predicted molar refractivity (Wildman–Crippen MR) is 133 cm³/mol. The SMILES string of the molecule is CCN(C)Cc1cccc(CNC(=NC)NCC(c2cccc(OC)c2)N2CCCC2)c1. The van der Waals surface area contributed by atoms with Crippen LogP contribution in [0.15, 0.2) is 53.5 Å². The molecule has 6 heteroatoms. The van der Waals surface area contributed by atoms with Crippen LogP contribution in [0.5, 0.6) is 5.75 Å². The molecule has 1 aliphatic heterocycles. The van der Waals surface area contributed by atoms with E-state index in [-0.39, 0.29) is 0 Å². The normalized spacial score (nSPS) is 15.7. The van der Waals surface area contributed by atoms with Crippen LogP contribution in [0.2, 0.25) is 0 Å². The summed E-state index contributed by atoms with van der Waals surface area (Å²) in [5, 5.41) is 7.04. The van der Waals surface area contributed by atoms with Crippen LogP contribution in [0.4, 0.5) is 0 Å². The first kappa shape index (κ1) is 24.1. The number of methoxy groups -OCH3 is 1. The Kier molecular flexibility index (Phi) is 9.38. The van der Waals surface area contributed by atoms with Crippen molar-refractivity contribution >= 4 is 5.96 Å². The number of rotatable bonds is 10. The summed E-state index contributed by atoms with van der Waals surface area (Å²) in [6, 6.07) is 17.5. The zero-order valence-electron chi connectivity index (χ0n) is 20.1. The average molecular weight is 438 g/mol. The minimum atomic E-state index is 0.291. The standard InChI is InChI=1S/C26H39N5O/c1-5-30(3)20-22-11-8-10-21(16-22)18-28-26(27-2)29-19-25(31-14-6-7-15-31)23-12-9-13-24(17-23)32-4/h8-13,16-17,25H,5-7,14-15,18-20H2,1-4H3,(H2,27,28,29). The van der Waals surface area contributed by atoms with Crippen molar-refractivity contribution in [2.24, 2.45) is 4.99 Å². The molecule has 1 saturated heterocycles. The number of likely N-dealkylation sites (tertiary alicyclic amines) is 1. The number of hydrogen-bond donors (Lipinski definition) is 2. The number of benzene rings is 2. The van der Waals surface area contributed by atoms with Crippen LogP contribution in [-0.2, 0) is 13.1 Å². The minimum Gasteiger partial charge on any atom is -0.497 e. The van der Waals surface area contributed by atoms with E-state index in [9.17, 15) is 0 Å². The van der Waals surface area contributed by atoms with Gasteiger partial charge in [0.2, 0.25) is 0 Å².